The van der Waals surface area contributed by atoms with Gasteiger partial charge >= 0.3 is 0 Å². The maximum Gasteiger partial charge on any atom is 0.264 e. The van der Waals surface area contributed by atoms with Crippen LogP contribution < -0.4 is 19.1 Å². The molecule has 0 fully saturated rings. The van der Waals surface area contributed by atoms with E-state index < -0.39 is 21.5 Å². The van der Waals surface area contributed by atoms with Crippen LogP contribution in [-0.4, -0.2) is 33.6 Å². The maximum atomic E-state index is 13.7. The summed E-state index contributed by atoms with van der Waals surface area (Å²) < 4.78 is 40.0. The third kappa shape index (κ3) is 5.49. The summed E-state index contributed by atoms with van der Waals surface area (Å²) in [4.78, 5) is 13.5. The zero-order chi connectivity index (χ0) is 26.1. The second kappa shape index (κ2) is 9.85. The number of carbonyl (C=O) groups is 1. The molecule has 1 aliphatic heterocycles. The van der Waals surface area contributed by atoms with E-state index in [1.54, 1.807) is 48.5 Å². The number of methoxy groups -OCH3 is 1. The van der Waals surface area contributed by atoms with Crippen molar-refractivity contribution in [3.05, 3.63) is 83.4 Å². The summed E-state index contributed by atoms with van der Waals surface area (Å²) in [5, 5.41) is 3.06. The molecule has 3 aromatic rings. The molecule has 0 bridgehead atoms. The molecule has 1 atom stereocenters. The molecule has 4 rings (SSSR count). The molecule has 0 aromatic heterocycles. The Morgan fingerprint density at radius 3 is 2.44 bits per heavy atom. The Morgan fingerprint density at radius 2 is 1.75 bits per heavy atom. The average molecular weight is 509 g/mol. The third-order valence-electron chi connectivity index (χ3n) is 6.20. The number of hydrogen-bond acceptors (Lipinski definition) is 5. The summed E-state index contributed by atoms with van der Waals surface area (Å²) in [6.07, 6.45) is 0.554. The number of amides is 1. The van der Waals surface area contributed by atoms with Gasteiger partial charge in [0.1, 0.15) is 23.6 Å². The molecule has 8 heteroatoms. The van der Waals surface area contributed by atoms with Gasteiger partial charge in [0.2, 0.25) is 5.91 Å². The van der Waals surface area contributed by atoms with Gasteiger partial charge in [0.15, 0.2) is 0 Å². The number of ether oxygens (including phenoxy) is 2. The number of nitrogens with zero attached hydrogens (tertiary/aromatic N) is 1. The van der Waals surface area contributed by atoms with Crippen LogP contribution in [-0.2, 0) is 14.8 Å². The second-order valence-corrected chi connectivity index (χ2v) is 11.6. The number of sulfonamides is 1. The molecule has 190 valence electrons. The van der Waals surface area contributed by atoms with Crippen molar-refractivity contribution >= 4 is 21.6 Å². The van der Waals surface area contributed by atoms with E-state index >= 15 is 0 Å². The summed E-state index contributed by atoms with van der Waals surface area (Å²) in [5.74, 6) is 0.809. The lowest BCUT2D eigenvalue weighted by atomic mass is 9.89. The summed E-state index contributed by atoms with van der Waals surface area (Å²) in [5.41, 5.74) is 2.73. The second-order valence-electron chi connectivity index (χ2n) is 9.75. The van der Waals surface area contributed by atoms with Gasteiger partial charge < -0.3 is 14.8 Å². The number of benzene rings is 3. The zero-order valence-electron chi connectivity index (χ0n) is 21.2. The Bertz CT molecular complexity index is 1370. The summed E-state index contributed by atoms with van der Waals surface area (Å²) in [7, 11) is -2.52. The molecular weight excluding hydrogens is 476 g/mol. The smallest absolute Gasteiger partial charge is 0.264 e. The first-order valence-corrected chi connectivity index (χ1v) is 13.2. The molecule has 1 unspecified atom stereocenters. The van der Waals surface area contributed by atoms with E-state index in [2.05, 4.69) is 5.32 Å². The van der Waals surface area contributed by atoms with Gasteiger partial charge in [-0.25, -0.2) is 8.42 Å². The largest absolute Gasteiger partial charge is 0.497 e. The minimum atomic E-state index is -4.03. The first-order valence-electron chi connectivity index (χ1n) is 11.8. The Hall–Kier alpha value is -3.52. The predicted molar refractivity (Wildman–Crippen MR) is 140 cm³/mol. The van der Waals surface area contributed by atoms with Crippen molar-refractivity contribution in [3.8, 4) is 11.5 Å². The quantitative estimate of drug-likeness (QED) is 0.489. The molecule has 0 aliphatic carbocycles. The molecule has 1 aliphatic rings. The Balaban J connectivity index is 1.66. The van der Waals surface area contributed by atoms with E-state index in [-0.39, 0.29) is 17.5 Å². The van der Waals surface area contributed by atoms with Crippen molar-refractivity contribution in [2.75, 3.05) is 18.0 Å². The number of aryl methyl sites for hydroxylation is 2. The van der Waals surface area contributed by atoms with Crippen LogP contribution in [0.25, 0.3) is 0 Å². The van der Waals surface area contributed by atoms with Crippen LogP contribution in [0.1, 0.15) is 43.0 Å². The number of fused-ring (bicyclic) bond motifs is 1. The van der Waals surface area contributed by atoms with Crippen molar-refractivity contribution in [1.29, 1.82) is 0 Å². The van der Waals surface area contributed by atoms with Crippen LogP contribution >= 0.6 is 0 Å². The summed E-state index contributed by atoms with van der Waals surface area (Å²) >= 11 is 0. The SMILES string of the molecule is COc1cccc(N(CC(=O)NC2CC(C)(C)Oc3cc(C)ccc32)S(=O)(=O)c2ccc(C)cc2)c1. The average Bonchev–Trinajstić information content (AvgIpc) is 2.81. The standard InChI is InChI=1S/C28H32N2O5S/c1-19-9-12-23(13-10-19)36(32,33)30(21-7-6-8-22(16-21)34-5)18-27(31)29-25-17-28(3,4)35-26-15-20(2)11-14-24(25)26/h6-16,25H,17-18H2,1-5H3,(H,29,31). The van der Waals surface area contributed by atoms with E-state index in [1.807, 2.05) is 45.9 Å². The summed E-state index contributed by atoms with van der Waals surface area (Å²) in [6, 6.07) is 18.8. The normalized spacial score (nSPS) is 16.4. The number of hydrogen-bond donors (Lipinski definition) is 1. The number of nitrogens with one attached hydrogen (secondary N) is 1. The minimum absolute atomic E-state index is 0.108. The number of carbonyl (C=O) groups excluding carboxylic acids is 1. The van der Waals surface area contributed by atoms with Crippen LogP contribution in [0.3, 0.4) is 0 Å². The monoisotopic (exact) mass is 508 g/mol. The number of anilines is 1. The van der Waals surface area contributed by atoms with Crippen molar-refractivity contribution in [1.82, 2.24) is 5.32 Å². The van der Waals surface area contributed by atoms with Crippen molar-refractivity contribution in [2.24, 2.45) is 0 Å². The molecule has 0 saturated carbocycles. The fourth-order valence-electron chi connectivity index (χ4n) is 4.38. The first kappa shape index (κ1) is 25.6. The maximum absolute atomic E-state index is 13.7. The molecule has 1 heterocycles. The van der Waals surface area contributed by atoms with Gasteiger partial charge in [0.05, 0.1) is 23.7 Å². The summed E-state index contributed by atoms with van der Waals surface area (Å²) in [6.45, 7) is 7.44. The molecular formula is C28H32N2O5S. The van der Waals surface area contributed by atoms with Gasteiger partial charge in [-0.15, -0.1) is 0 Å². The molecule has 0 radical (unpaired) electrons. The van der Waals surface area contributed by atoms with Crippen molar-refractivity contribution in [3.63, 3.8) is 0 Å². The first-order chi connectivity index (χ1) is 17.0. The Morgan fingerprint density at radius 1 is 1.06 bits per heavy atom. The molecule has 7 nitrogen and oxygen atoms in total. The highest BCUT2D eigenvalue weighted by Gasteiger charge is 2.35. The van der Waals surface area contributed by atoms with Crippen molar-refractivity contribution < 1.29 is 22.7 Å². The van der Waals surface area contributed by atoms with E-state index in [0.717, 1.165) is 26.7 Å². The van der Waals surface area contributed by atoms with Crippen LogP contribution in [0.15, 0.2) is 71.6 Å². The lowest BCUT2D eigenvalue weighted by molar-refractivity contribution is -0.120. The van der Waals surface area contributed by atoms with Gasteiger partial charge in [-0.2, -0.15) is 0 Å². The van der Waals surface area contributed by atoms with Gasteiger partial charge in [0.25, 0.3) is 10.0 Å². The van der Waals surface area contributed by atoms with E-state index in [0.29, 0.717) is 17.9 Å². The van der Waals surface area contributed by atoms with Crippen LogP contribution in [0.2, 0.25) is 0 Å². The molecule has 0 saturated heterocycles. The van der Waals surface area contributed by atoms with Gasteiger partial charge in [-0.3, -0.25) is 9.10 Å². The Kier molecular flexibility index (Phi) is 7.00. The molecule has 1 N–H and O–H groups in total. The topological polar surface area (TPSA) is 84.9 Å². The number of rotatable bonds is 7. The van der Waals surface area contributed by atoms with E-state index in [4.69, 9.17) is 9.47 Å². The lowest BCUT2D eigenvalue weighted by Crippen LogP contribution is -2.45. The molecule has 36 heavy (non-hydrogen) atoms. The van der Waals surface area contributed by atoms with Gasteiger partial charge in [0, 0.05) is 18.1 Å². The molecule has 1 amide bonds. The van der Waals surface area contributed by atoms with Crippen molar-refractivity contribution in [2.45, 2.75) is 50.7 Å². The fraction of sp³-hybridized carbons (Fsp3) is 0.321. The molecule has 3 aromatic carbocycles. The lowest BCUT2D eigenvalue weighted by Gasteiger charge is -2.38. The molecule has 0 spiro atoms. The highest BCUT2D eigenvalue weighted by atomic mass is 32.2. The van der Waals surface area contributed by atoms with Gasteiger partial charge in [-0.1, -0.05) is 35.9 Å². The van der Waals surface area contributed by atoms with E-state index in [9.17, 15) is 13.2 Å². The Labute approximate surface area is 213 Å². The van der Waals surface area contributed by atoms with E-state index in [1.165, 1.54) is 7.11 Å². The van der Waals surface area contributed by atoms with Crippen LogP contribution in [0, 0.1) is 13.8 Å². The zero-order valence-corrected chi connectivity index (χ0v) is 22.1. The minimum Gasteiger partial charge on any atom is -0.497 e. The predicted octanol–water partition coefficient (Wildman–Crippen LogP) is 4.93. The fourth-order valence-corrected chi connectivity index (χ4v) is 5.79. The van der Waals surface area contributed by atoms with Gasteiger partial charge in [-0.05, 0) is 63.6 Å². The highest BCUT2D eigenvalue weighted by molar-refractivity contribution is 7.92. The highest BCUT2D eigenvalue weighted by Crippen LogP contribution is 2.40. The van der Waals surface area contributed by atoms with Crippen LogP contribution in [0.4, 0.5) is 5.69 Å². The van der Waals surface area contributed by atoms with Crippen LogP contribution in [0.5, 0.6) is 11.5 Å². The third-order valence-corrected chi connectivity index (χ3v) is 7.99.